The van der Waals surface area contributed by atoms with Gasteiger partial charge in [0.1, 0.15) is 4.70 Å². The number of piperidine rings is 1. The Hall–Kier alpha value is -1.63. The van der Waals surface area contributed by atoms with E-state index in [1.54, 1.807) is 0 Å². The first-order valence-electron chi connectivity index (χ1n) is 7.09. The summed E-state index contributed by atoms with van der Waals surface area (Å²) in [6, 6.07) is 0. The van der Waals surface area contributed by atoms with Gasteiger partial charge in [-0.05, 0) is 25.7 Å². The maximum absolute atomic E-state index is 12.3. The molecule has 0 bridgehead atoms. The van der Waals surface area contributed by atoms with Gasteiger partial charge < -0.3 is 4.90 Å². The first-order valence-corrected chi connectivity index (χ1v) is 7.91. The Morgan fingerprint density at radius 1 is 1.25 bits per heavy atom. The van der Waals surface area contributed by atoms with Gasteiger partial charge in [-0.15, -0.1) is 0 Å². The number of thiazole rings is 1. The molecule has 1 aliphatic heterocycles. The van der Waals surface area contributed by atoms with Crippen molar-refractivity contribution in [3.63, 3.8) is 0 Å². The van der Waals surface area contributed by atoms with Crippen molar-refractivity contribution in [3.05, 3.63) is 20.8 Å². The van der Waals surface area contributed by atoms with E-state index in [0.29, 0.717) is 16.9 Å². The summed E-state index contributed by atoms with van der Waals surface area (Å²) in [6.07, 6.45) is 4.33. The second-order valence-corrected chi connectivity index (χ2v) is 6.09. The number of aromatic nitrogens is 3. The fraction of sp³-hybridized carbons (Fsp3) is 0.615. The van der Waals surface area contributed by atoms with Crippen LogP contribution in [0.15, 0.2) is 9.59 Å². The standard InChI is InChI=1S/C13H18N4O2S/c1-2-6-17-11(18)9-10(14-12(17)19)15-13(20-9)16-7-4-3-5-8-16/h2-8H2,1H3,(H,14,19). The van der Waals surface area contributed by atoms with Gasteiger partial charge in [-0.2, -0.15) is 0 Å². The summed E-state index contributed by atoms with van der Waals surface area (Å²) < 4.78 is 1.82. The molecule has 7 heteroatoms. The number of hydrogen-bond acceptors (Lipinski definition) is 5. The number of rotatable bonds is 3. The summed E-state index contributed by atoms with van der Waals surface area (Å²) in [5.74, 6) is 0. The van der Waals surface area contributed by atoms with Crippen molar-refractivity contribution < 1.29 is 0 Å². The zero-order valence-electron chi connectivity index (χ0n) is 11.5. The lowest BCUT2D eigenvalue weighted by atomic mass is 10.1. The Bertz CT molecular complexity index is 724. The molecule has 3 heterocycles. The molecule has 20 heavy (non-hydrogen) atoms. The monoisotopic (exact) mass is 294 g/mol. The van der Waals surface area contributed by atoms with Crippen molar-refractivity contribution in [1.29, 1.82) is 0 Å². The molecule has 0 saturated carbocycles. The molecule has 0 spiro atoms. The van der Waals surface area contributed by atoms with E-state index in [0.717, 1.165) is 37.5 Å². The van der Waals surface area contributed by atoms with Gasteiger partial charge in [0, 0.05) is 19.6 Å². The minimum absolute atomic E-state index is 0.216. The third-order valence-electron chi connectivity index (χ3n) is 3.60. The van der Waals surface area contributed by atoms with Gasteiger partial charge in [-0.25, -0.2) is 9.78 Å². The Labute approximate surface area is 120 Å². The highest BCUT2D eigenvalue weighted by Gasteiger charge is 2.18. The molecule has 108 valence electrons. The fourth-order valence-corrected chi connectivity index (χ4v) is 3.59. The molecule has 0 aromatic carbocycles. The molecule has 0 unspecified atom stereocenters. The van der Waals surface area contributed by atoms with Crippen molar-refractivity contribution >= 4 is 26.8 Å². The first kappa shape index (κ1) is 13.4. The van der Waals surface area contributed by atoms with Crippen LogP contribution < -0.4 is 16.1 Å². The fourth-order valence-electron chi connectivity index (χ4n) is 2.57. The zero-order chi connectivity index (χ0) is 14.1. The molecule has 0 aliphatic carbocycles. The topological polar surface area (TPSA) is 71.0 Å². The highest BCUT2D eigenvalue weighted by Crippen LogP contribution is 2.27. The molecule has 0 atom stereocenters. The minimum atomic E-state index is -0.361. The Balaban J connectivity index is 2.08. The Kier molecular flexibility index (Phi) is 3.60. The Morgan fingerprint density at radius 2 is 2.00 bits per heavy atom. The molecule has 1 aliphatic rings. The van der Waals surface area contributed by atoms with E-state index < -0.39 is 0 Å². The van der Waals surface area contributed by atoms with E-state index >= 15 is 0 Å². The SMILES string of the molecule is CCCn1c(=O)[nH]c2nc(N3CCCCC3)sc2c1=O. The summed E-state index contributed by atoms with van der Waals surface area (Å²) in [4.78, 5) is 33.6. The highest BCUT2D eigenvalue weighted by atomic mass is 32.1. The van der Waals surface area contributed by atoms with Crippen LogP contribution in [0.2, 0.25) is 0 Å². The summed E-state index contributed by atoms with van der Waals surface area (Å²) in [7, 11) is 0. The third kappa shape index (κ3) is 2.26. The van der Waals surface area contributed by atoms with Crippen LogP contribution in [0.1, 0.15) is 32.6 Å². The molecule has 0 radical (unpaired) electrons. The maximum atomic E-state index is 12.3. The quantitative estimate of drug-likeness (QED) is 0.932. The molecule has 2 aromatic rings. The number of fused-ring (bicyclic) bond motifs is 1. The number of nitrogens with one attached hydrogen (secondary N) is 1. The summed E-state index contributed by atoms with van der Waals surface area (Å²) in [5, 5.41) is 0.849. The molecule has 1 saturated heterocycles. The Morgan fingerprint density at radius 3 is 2.70 bits per heavy atom. The average Bonchev–Trinajstić information content (AvgIpc) is 2.88. The van der Waals surface area contributed by atoms with E-state index in [2.05, 4.69) is 14.9 Å². The van der Waals surface area contributed by atoms with Crippen LogP contribution in [0.25, 0.3) is 10.3 Å². The summed E-state index contributed by atoms with van der Waals surface area (Å²) in [5.41, 5.74) is -0.149. The normalized spacial score (nSPS) is 15.9. The van der Waals surface area contributed by atoms with Crippen LogP contribution in [0, 0.1) is 0 Å². The lowest BCUT2D eigenvalue weighted by Gasteiger charge is -2.25. The van der Waals surface area contributed by atoms with Crippen LogP contribution >= 0.6 is 11.3 Å². The highest BCUT2D eigenvalue weighted by molar-refractivity contribution is 7.22. The van der Waals surface area contributed by atoms with Gasteiger partial charge in [0.25, 0.3) is 5.56 Å². The van der Waals surface area contributed by atoms with E-state index in [1.165, 1.54) is 22.3 Å². The van der Waals surface area contributed by atoms with Crippen LogP contribution in [-0.2, 0) is 6.54 Å². The van der Waals surface area contributed by atoms with E-state index in [1.807, 2.05) is 6.92 Å². The van der Waals surface area contributed by atoms with Gasteiger partial charge >= 0.3 is 5.69 Å². The second kappa shape index (κ2) is 5.40. The van der Waals surface area contributed by atoms with E-state index in [9.17, 15) is 9.59 Å². The van der Waals surface area contributed by atoms with Crippen molar-refractivity contribution in [2.75, 3.05) is 18.0 Å². The van der Waals surface area contributed by atoms with Crippen molar-refractivity contribution in [2.24, 2.45) is 0 Å². The van der Waals surface area contributed by atoms with Crippen LogP contribution in [0.3, 0.4) is 0 Å². The number of hydrogen-bond donors (Lipinski definition) is 1. The van der Waals surface area contributed by atoms with Gasteiger partial charge in [0.2, 0.25) is 0 Å². The molecule has 2 aromatic heterocycles. The molecule has 3 rings (SSSR count). The molecule has 6 nitrogen and oxygen atoms in total. The third-order valence-corrected chi connectivity index (χ3v) is 4.70. The maximum Gasteiger partial charge on any atom is 0.330 e. The second-order valence-electron chi connectivity index (χ2n) is 5.11. The smallest absolute Gasteiger partial charge is 0.330 e. The molecular weight excluding hydrogens is 276 g/mol. The number of H-pyrrole nitrogens is 1. The minimum Gasteiger partial charge on any atom is -0.348 e. The van der Waals surface area contributed by atoms with Crippen LogP contribution in [0.5, 0.6) is 0 Å². The van der Waals surface area contributed by atoms with E-state index in [-0.39, 0.29) is 11.2 Å². The number of aromatic amines is 1. The summed E-state index contributed by atoms with van der Waals surface area (Å²) in [6.45, 7) is 4.35. The first-order chi connectivity index (χ1) is 9.70. The predicted molar refractivity (Wildman–Crippen MR) is 80.9 cm³/mol. The average molecular weight is 294 g/mol. The van der Waals surface area contributed by atoms with Crippen LogP contribution in [0.4, 0.5) is 5.13 Å². The van der Waals surface area contributed by atoms with Gasteiger partial charge in [0.15, 0.2) is 10.8 Å². The number of nitrogens with zero attached hydrogens (tertiary/aromatic N) is 3. The molecular formula is C13H18N4O2S. The van der Waals surface area contributed by atoms with Gasteiger partial charge in [0.05, 0.1) is 0 Å². The lowest BCUT2D eigenvalue weighted by Crippen LogP contribution is -2.34. The molecule has 1 fully saturated rings. The zero-order valence-corrected chi connectivity index (χ0v) is 12.3. The van der Waals surface area contributed by atoms with Crippen molar-refractivity contribution in [2.45, 2.75) is 39.2 Å². The van der Waals surface area contributed by atoms with Crippen LogP contribution in [-0.4, -0.2) is 27.6 Å². The molecule has 1 N–H and O–H groups in total. The summed E-state index contributed by atoms with van der Waals surface area (Å²) >= 11 is 1.39. The van der Waals surface area contributed by atoms with Crippen molar-refractivity contribution in [3.8, 4) is 0 Å². The van der Waals surface area contributed by atoms with Gasteiger partial charge in [-0.3, -0.25) is 14.3 Å². The lowest BCUT2D eigenvalue weighted by molar-refractivity contribution is 0.577. The molecule has 0 amide bonds. The van der Waals surface area contributed by atoms with E-state index in [4.69, 9.17) is 0 Å². The largest absolute Gasteiger partial charge is 0.348 e. The van der Waals surface area contributed by atoms with Gasteiger partial charge in [-0.1, -0.05) is 18.3 Å². The predicted octanol–water partition coefficient (Wildman–Crippen LogP) is 1.55. The van der Waals surface area contributed by atoms with Crippen molar-refractivity contribution in [1.82, 2.24) is 14.5 Å². The number of anilines is 1.